The Balaban J connectivity index is 1.67. The van der Waals surface area contributed by atoms with E-state index in [1.54, 1.807) is 11.3 Å². The molecule has 5 heteroatoms. The molecule has 1 unspecified atom stereocenters. The first-order chi connectivity index (χ1) is 9.79. The van der Waals surface area contributed by atoms with Crippen LogP contribution in [-0.4, -0.2) is 29.3 Å². The molecule has 1 aromatic carbocycles. The number of fused-ring (bicyclic) bond motifs is 1. The molecule has 1 aliphatic heterocycles. The third kappa shape index (κ3) is 1.99. The van der Waals surface area contributed by atoms with Crippen LogP contribution in [0, 0.1) is 0 Å². The van der Waals surface area contributed by atoms with Crippen molar-refractivity contribution >= 4 is 27.2 Å². The van der Waals surface area contributed by atoms with Gasteiger partial charge < -0.3 is 10.6 Å². The summed E-state index contributed by atoms with van der Waals surface area (Å²) in [4.78, 5) is 3.48. The number of nitrogens with zero attached hydrogens (tertiary/aromatic N) is 2. The largest absolute Gasteiger partial charge is 0.354 e. The molecule has 0 bridgehead atoms. The number of benzene rings is 1. The van der Waals surface area contributed by atoms with Crippen LogP contribution in [0.2, 0.25) is 0 Å². The summed E-state index contributed by atoms with van der Waals surface area (Å²) in [6.07, 6.45) is 1.05. The number of nitrogens with two attached hydrogens (primary N) is 1. The molecule has 1 aliphatic rings. The van der Waals surface area contributed by atoms with Crippen molar-refractivity contribution in [2.24, 2.45) is 5.73 Å². The number of hydrogen-bond acceptors (Lipinski definition) is 4. The van der Waals surface area contributed by atoms with Gasteiger partial charge in [-0.25, -0.2) is 0 Å². The van der Waals surface area contributed by atoms with Gasteiger partial charge in [0, 0.05) is 29.9 Å². The van der Waals surface area contributed by atoms with Crippen LogP contribution in [-0.2, 0) is 0 Å². The molecule has 2 aromatic heterocycles. The van der Waals surface area contributed by atoms with Crippen molar-refractivity contribution in [1.82, 2.24) is 10.2 Å². The predicted molar refractivity (Wildman–Crippen MR) is 84.2 cm³/mol. The van der Waals surface area contributed by atoms with E-state index in [4.69, 9.17) is 5.73 Å². The second-order valence-corrected chi connectivity index (χ2v) is 6.37. The molecule has 0 amide bonds. The lowest BCUT2D eigenvalue weighted by Gasteiger charge is -2.13. The molecular formula is C15H16N4S. The second kappa shape index (κ2) is 4.61. The maximum absolute atomic E-state index is 5.95. The number of hydrogen-bond donors (Lipinski definition) is 2. The Labute approximate surface area is 121 Å². The molecule has 0 aliphatic carbocycles. The molecule has 1 saturated heterocycles. The zero-order valence-electron chi connectivity index (χ0n) is 11.0. The third-order valence-corrected chi connectivity index (χ3v) is 4.95. The van der Waals surface area contributed by atoms with Gasteiger partial charge in [0.15, 0.2) is 5.82 Å². The van der Waals surface area contributed by atoms with E-state index in [9.17, 15) is 0 Å². The van der Waals surface area contributed by atoms with Crippen LogP contribution >= 0.6 is 11.3 Å². The fourth-order valence-electron chi connectivity index (χ4n) is 2.71. The number of anilines is 1. The first-order valence-corrected chi connectivity index (χ1v) is 7.66. The highest BCUT2D eigenvalue weighted by Gasteiger charge is 2.21. The quantitative estimate of drug-likeness (QED) is 0.761. The van der Waals surface area contributed by atoms with Gasteiger partial charge in [-0.1, -0.05) is 18.2 Å². The summed E-state index contributed by atoms with van der Waals surface area (Å²) < 4.78 is 1.31. The van der Waals surface area contributed by atoms with Crippen molar-refractivity contribution in [2.75, 3.05) is 18.0 Å². The Morgan fingerprint density at radius 3 is 3.00 bits per heavy atom. The normalized spacial score (nSPS) is 19.1. The zero-order chi connectivity index (χ0) is 13.5. The fraction of sp³-hybridized carbons (Fsp3) is 0.267. The van der Waals surface area contributed by atoms with Crippen molar-refractivity contribution in [1.29, 1.82) is 0 Å². The van der Waals surface area contributed by atoms with E-state index < -0.39 is 0 Å². The topological polar surface area (TPSA) is 57.9 Å². The summed E-state index contributed by atoms with van der Waals surface area (Å²) in [6.45, 7) is 1.90. The first kappa shape index (κ1) is 11.9. The maximum Gasteiger partial charge on any atom is 0.151 e. The molecule has 1 fully saturated rings. The highest BCUT2D eigenvalue weighted by Crippen LogP contribution is 2.33. The molecule has 20 heavy (non-hydrogen) atoms. The third-order valence-electron chi connectivity index (χ3n) is 3.80. The van der Waals surface area contributed by atoms with E-state index in [1.807, 2.05) is 0 Å². The lowest BCUT2D eigenvalue weighted by Crippen LogP contribution is -2.26. The maximum atomic E-state index is 5.95. The smallest absolute Gasteiger partial charge is 0.151 e. The van der Waals surface area contributed by atoms with Gasteiger partial charge in [-0.2, -0.15) is 5.10 Å². The Morgan fingerprint density at radius 1 is 1.30 bits per heavy atom. The average Bonchev–Trinajstić information content (AvgIpc) is 3.16. The number of aromatic nitrogens is 2. The van der Waals surface area contributed by atoms with Crippen molar-refractivity contribution in [2.45, 2.75) is 12.5 Å². The summed E-state index contributed by atoms with van der Waals surface area (Å²) in [5.74, 6) is 1.01. The number of thiophene rings is 1. The molecule has 1 atom stereocenters. The van der Waals surface area contributed by atoms with Crippen LogP contribution in [0.1, 0.15) is 6.42 Å². The lowest BCUT2D eigenvalue weighted by molar-refractivity contribution is 0.751. The van der Waals surface area contributed by atoms with E-state index in [0.717, 1.165) is 31.0 Å². The first-order valence-electron chi connectivity index (χ1n) is 6.84. The monoisotopic (exact) mass is 284 g/mol. The Kier molecular flexibility index (Phi) is 2.75. The summed E-state index contributed by atoms with van der Waals surface area (Å²) in [7, 11) is 0. The summed E-state index contributed by atoms with van der Waals surface area (Å²) in [5, 5.41) is 8.87. The summed E-state index contributed by atoms with van der Waals surface area (Å²) >= 11 is 1.79. The summed E-state index contributed by atoms with van der Waals surface area (Å²) in [6, 6.07) is 13.1. The van der Waals surface area contributed by atoms with Gasteiger partial charge >= 0.3 is 0 Å². The Hall–Kier alpha value is -1.85. The molecule has 0 spiro atoms. The minimum Gasteiger partial charge on any atom is -0.354 e. The van der Waals surface area contributed by atoms with E-state index in [1.165, 1.54) is 15.0 Å². The Bertz CT molecular complexity index is 712. The van der Waals surface area contributed by atoms with E-state index >= 15 is 0 Å². The van der Waals surface area contributed by atoms with Crippen molar-refractivity contribution < 1.29 is 0 Å². The van der Waals surface area contributed by atoms with E-state index in [-0.39, 0.29) is 6.04 Å². The molecule has 0 radical (unpaired) electrons. The number of nitrogens with one attached hydrogen (secondary N) is 1. The summed E-state index contributed by atoms with van der Waals surface area (Å²) in [5.41, 5.74) is 7.04. The lowest BCUT2D eigenvalue weighted by atomic mass is 10.2. The van der Waals surface area contributed by atoms with Crippen molar-refractivity contribution in [3.8, 4) is 10.6 Å². The Morgan fingerprint density at radius 2 is 2.20 bits per heavy atom. The SMILES string of the molecule is NC1CCN(c2cc(-c3cc4ccccc4s3)[nH]n2)C1. The van der Waals surface area contributed by atoms with E-state index in [0.29, 0.717) is 0 Å². The molecule has 0 saturated carbocycles. The minimum absolute atomic E-state index is 0.277. The highest BCUT2D eigenvalue weighted by atomic mass is 32.1. The predicted octanol–water partition coefficient (Wildman–Crippen LogP) is 2.83. The molecular weight excluding hydrogens is 268 g/mol. The van der Waals surface area contributed by atoms with Crippen molar-refractivity contribution in [3.63, 3.8) is 0 Å². The number of rotatable bonds is 2. The van der Waals surface area contributed by atoms with Gasteiger partial charge in [-0.3, -0.25) is 5.10 Å². The van der Waals surface area contributed by atoms with Gasteiger partial charge in [0.25, 0.3) is 0 Å². The standard InChI is InChI=1S/C15H16N4S/c16-11-5-6-19(9-11)15-8-12(17-18-15)14-7-10-3-1-2-4-13(10)20-14/h1-4,7-8,11H,5-6,9,16H2,(H,17,18). The molecule has 3 N–H and O–H groups in total. The minimum atomic E-state index is 0.277. The molecule has 4 nitrogen and oxygen atoms in total. The molecule has 102 valence electrons. The van der Waals surface area contributed by atoms with Crippen LogP contribution in [0.4, 0.5) is 5.82 Å². The van der Waals surface area contributed by atoms with E-state index in [2.05, 4.69) is 51.5 Å². The molecule has 4 rings (SSSR count). The zero-order valence-corrected chi connectivity index (χ0v) is 11.9. The van der Waals surface area contributed by atoms with Gasteiger partial charge in [0.1, 0.15) is 0 Å². The van der Waals surface area contributed by atoms with Crippen LogP contribution in [0.3, 0.4) is 0 Å². The van der Waals surface area contributed by atoms with Gasteiger partial charge in [-0.05, 0) is 23.9 Å². The van der Waals surface area contributed by atoms with Crippen molar-refractivity contribution in [3.05, 3.63) is 36.4 Å². The van der Waals surface area contributed by atoms with Gasteiger partial charge in [0.05, 0.1) is 10.6 Å². The molecule has 3 aromatic rings. The van der Waals surface area contributed by atoms with Gasteiger partial charge in [0.2, 0.25) is 0 Å². The second-order valence-electron chi connectivity index (χ2n) is 5.28. The average molecular weight is 284 g/mol. The number of H-pyrrole nitrogens is 1. The van der Waals surface area contributed by atoms with Crippen LogP contribution < -0.4 is 10.6 Å². The molecule has 3 heterocycles. The van der Waals surface area contributed by atoms with Crippen LogP contribution in [0.15, 0.2) is 36.4 Å². The highest BCUT2D eigenvalue weighted by molar-refractivity contribution is 7.22. The number of aromatic amines is 1. The van der Waals surface area contributed by atoms with Gasteiger partial charge in [-0.15, -0.1) is 11.3 Å². The fourth-order valence-corrected chi connectivity index (χ4v) is 3.74. The van der Waals surface area contributed by atoms with Crippen LogP contribution in [0.25, 0.3) is 20.7 Å². The van der Waals surface area contributed by atoms with Crippen LogP contribution in [0.5, 0.6) is 0 Å².